The number of hydroxylamine groups is 2. The zero-order valence-electron chi connectivity index (χ0n) is 21.7. The third-order valence-corrected chi connectivity index (χ3v) is 7.88. The molecule has 2 aromatic carbocycles. The van der Waals surface area contributed by atoms with Crippen LogP contribution in [-0.4, -0.2) is 58.8 Å². The van der Waals surface area contributed by atoms with Crippen LogP contribution in [-0.2, 0) is 24.9 Å². The highest BCUT2D eigenvalue weighted by Gasteiger charge is 2.62. The van der Waals surface area contributed by atoms with E-state index in [0.717, 1.165) is 22.1 Å². The first-order chi connectivity index (χ1) is 19.3. The fourth-order valence-corrected chi connectivity index (χ4v) is 5.36. The van der Waals surface area contributed by atoms with Crippen LogP contribution >= 0.6 is 23.2 Å². The molecule has 8 nitrogen and oxygen atoms in total. The minimum atomic E-state index is -4.99. The topological polar surface area (TPSA) is 88.5 Å². The molecule has 3 amide bonds. The fourth-order valence-electron chi connectivity index (χ4n) is 4.88. The summed E-state index contributed by atoms with van der Waals surface area (Å²) in [6.07, 6.45) is -4.57. The molecule has 41 heavy (non-hydrogen) atoms. The van der Waals surface area contributed by atoms with E-state index in [9.17, 15) is 31.9 Å². The highest BCUT2D eigenvalue weighted by molar-refractivity contribution is 6.35. The van der Waals surface area contributed by atoms with Crippen molar-refractivity contribution in [3.05, 3.63) is 68.4 Å². The maximum absolute atomic E-state index is 14.4. The maximum Gasteiger partial charge on any atom is 0.435 e. The number of likely N-dealkylation sites (N-methyl/N-ethyl adjacent to an activating group) is 1. The first-order valence-corrected chi connectivity index (χ1v) is 13.4. The Bertz CT molecular complexity index is 1460. The molecule has 3 aliphatic rings. The zero-order valence-corrected chi connectivity index (χ0v) is 23.2. The number of halogens is 6. The summed E-state index contributed by atoms with van der Waals surface area (Å²) in [4.78, 5) is 50.8. The number of hydrogen-bond donors (Lipinski definition) is 0. The third kappa shape index (κ3) is 5.06. The number of imide groups is 1. The summed E-state index contributed by atoms with van der Waals surface area (Å²) < 4.78 is 57.0. The van der Waals surface area contributed by atoms with Gasteiger partial charge in [-0.1, -0.05) is 34.4 Å². The van der Waals surface area contributed by atoms with Gasteiger partial charge in [-0.25, -0.2) is 9.45 Å². The molecule has 0 radical (unpaired) electrons. The van der Waals surface area contributed by atoms with Gasteiger partial charge in [-0.3, -0.25) is 24.1 Å². The van der Waals surface area contributed by atoms with Crippen LogP contribution in [0.1, 0.15) is 53.2 Å². The molecule has 1 saturated heterocycles. The van der Waals surface area contributed by atoms with Gasteiger partial charge in [0, 0.05) is 30.0 Å². The van der Waals surface area contributed by atoms with Crippen LogP contribution in [0.3, 0.4) is 0 Å². The Balaban J connectivity index is 1.44. The second kappa shape index (κ2) is 10.6. The summed E-state index contributed by atoms with van der Waals surface area (Å²) in [5, 5.41) is 3.56. The molecule has 14 heteroatoms. The van der Waals surface area contributed by atoms with E-state index in [4.69, 9.17) is 32.9 Å². The molecule has 0 aromatic heterocycles. The predicted octanol–water partition coefficient (Wildman–Crippen LogP) is 5.56. The molecule has 2 aromatic rings. The van der Waals surface area contributed by atoms with Gasteiger partial charge in [0.15, 0.2) is 5.82 Å². The number of aryl methyl sites for hydroxylation is 1. The van der Waals surface area contributed by atoms with Crippen molar-refractivity contribution < 1.29 is 41.6 Å². The zero-order chi connectivity index (χ0) is 29.9. The minimum absolute atomic E-state index is 0.0872. The number of benzene rings is 2. The summed E-state index contributed by atoms with van der Waals surface area (Å²) in [5.74, 6) is -3.12. The van der Waals surface area contributed by atoms with Gasteiger partial charge in [-0.2, -0.15) is 13.2 Å². The van der Waals surface area contributed by atoms with Crippen LogP contribution in [0.2, 0.25) is 10.0 Å². The number of hydrogen-bond acceptors (Lipinski definition) is 6. The smallest absolute Gasteiger partial charge is 0.374 e. The lowest BCUT2D eigenvalue weighted by atomic mass is 9.86. The SMILES string of the molecule is CCN1OCC(N(C(=O)c2ccc(C3=NOC(c4cc(Cl)c(F)c(Cl)c4)(C(F)(F)F)C3)cc2C)C(=O)C2CC2)C1=O. The van der Waals surface area contributed by atoms with E-state index in [2.05, 4.69) is 5.16 Å². The number of alkyl halides is 3. The van der Waals surface area contributed by atoms with E-state index in [0.29, 0.717) is 18.4 Å². The number of rotatable bonds is 6. The minimum Gasteiger partial charge on any atom is -0.374 e. The first kappa shape index (κ1) is 29.3. The molecule has 1 saturated carbocycles. The molecule has 2 unspecified atom stereocenters. The van der Waals surface area contributed by atoms with Gasteiger partial charge in [0.1, 0.15) is 12.6 Å². The monoisotopic (exact) mass is 615 g/mol. The highest BCUT2D eigenvalue weighted by atomic mass is 35.5. The Morgan fingerprint density at radius 2 is 1.83 bits per heavy atom. The van der Waals surface area contributed by atoms with Crippen LogP contribution in [0.4, 0.5) is 17.6 Å². The number of carbonyl (C=O) groups is 3. The summed E-state index contributed by atoms with van der Waals surface area (Å²) in [5.41, 5.74) is -2.95. The van der Waals surface area contributed by atoms with E-state index < -0.39 is 63.4 Å². The van der Waals surface area contributed by atoms with Crippen molar-refractivity contribution in [2.24, 2.45) is 11.1 Å². The van der Waals surface area contributed by atoms with Crippen molar-refractivity contribution in [2.75, 3.05) is 13.2 Å². The van der Waals surface area contributed by atoms with Crippen LogP contribution in [0.15, 0.2) is 35.5 Å². The molecule has 2 aliphatic heterocycles. The fraction of sp³-hybridized carbons (Fsp3) is 0.407. The van der Waals surface area contributed by atoms with Crippen molar-refractivity contribution in [1.29, 1.82) is 0 Å². The Labute approximate surface area is 241 Å². The average Bonchev–Trinajstić information content (AvgIpc) is 3.56. The normalized spacial score (nSPS) is 22.5. The van der Waals surface area contributed by atoms with E-state index in [1.165, 1.54) is 18.2 Å². The molecule has 1 aliphatic carbocycles. The van der Waals surface area contributed by atoms with Crippen LogP contribution in [0, 0.1) is 18.7 Å². The second-order valence-electron chi connectivity index (χ2n) is 10.0. The second-order valence-corrected chi connectivity index (χ2v) is 10.9. The first-order valence-electron chi connectivity index (χ1n) is 12.7. The van der Waals surface area contributed by atoms with E-state index in [1.807, 2.05) is 0 Å². The molecule has 2 fully saturated rings. The lowest BCUT2D eigenvalue weighted by Gasteiger charge is -2.29. The average molecular weight is 616 g/mol. The summed E-state index contributed by atoms with van der Waals surface area (Å²) in [6, 6.07) is 4.65. The highest BCUT2D eigenvalue weighted by Crippen LogP contribution is 2.50. The number of carbonyl (C=O) groups excluding carboxylic acids is 3. The van der Waals surface area contributed by atoms with Gasteiger partial charge < -0.3 is 4.84 Å². The standard InChI is InChI=1S/C27H23Cl2F4N3O5/c1-3-35-25(39)21(12-40-35)36(23(37)14-4-5-14)24(38)17-7-6-15(8-13(17)2)20-11-26(41-34-20,27(31,32)33)16-9-18(28)22(30)19(29)10-16/h6-10,14,21H,3-5,11-12H2,1-2H3. The summed E-state index contributed by atoms with van der Waals surface area (Å²) >= 11 is 11.5. The van der Waals surface area contributed by atoms with Crippen molar-refractivity contribution in [1.82, 2.24) is 9.96 Å². The molecule has 0 bridgehead atoms. The molecule has 5 rings (SSSR count). The van der Waals surface area contributed by atoms with Crippen molar-refractivity contribution in [3.8, 4) is 0 Å². The van der Waals surface area contributed by atoms with Crippen LogP contribution in [0.5, 0.6) is 0 Å². The Morgan fingerprint density at radius 3 is 2.37 bits per heavy atom. The van der Waals surface area contributed by atoms with E-state index in [-0.39, 0.29) is 35.9 Å². The van der Waals surface area contributed by atoms with Crippen molar-refractivity contribution >= 4 is 46.6 Å². The summed E-state index contributed by atoms with van der Waals surface area (Å²) in [6.45, 7) is 3.32. The van der Waals surface area contributed by atoms with Crippen molar-refractivity contribution in [3.63, 3.8) is 0 Å². The molecular weight excluding hydrogens is 593 g/mol. The largest absolute Gasteiger partial charge is 0.435 e. The number of amides is 3. The lowest BCUT2D eigenvalue weighted by molar-refractivity contribution is -0.275. The van der Waals surface area contributed by atoms with Gasteiger partial charge in [-0.05, 0) is 62.1 Å². The molecule has 2 heterocycles. The van der Waals surface area contributed by atoms with Gasteiger partial charge in [0.2, 0.25) is 5.91 Å². The van der Waals surface area contributed by atoms with Gasteiger partial charge in [-0.15, -0.1) is 0 Å². The summed E-state index contributed by atoms with van der Waals surface area (Å²) in [7, 11) is 0. The lowest BCUT2D eigenvalue weighted by Crippen LogP contribution is -2.50. The molecule has 0 spiro atoms. The molecule has 0 N–H and O–H groups in total. The quantitative estimate of drug-likeness (QED) is 0.241. The van der Waals surface area contributed by atoms with Crippen LogP contribution in [0.25, 0.3) is 0 Å². The maximum atomic E-state index is 14.4. The number of oxime groups is 1. The molecule has 2 atom stereocenters. The van der Waals surface area contributed by atoms with Gasteiger partial charge >= 0.3 is 6.18 Å². The van der Waals surface area contributed by atoms with E-state index in [1.54, 1.807) is 13.8 Å². The van der Waals surface area contributed by atoms with Crippen LogP contribution < -0.4 is 0 Å². The molecule has 218 valence electrons. The Morgan fingerprint density at radius 1 is 1.17 bits per heavy atom. The van der Waals surface area contributed by atoms with Crippen molar-refractivity contribution in [2.45, 2.75) is 50.9 Å². The number of nitrogens with zero attached hydrogens (tertiary/aromatic N) is 3. The van der Waals surface area contributed by atoms with Gasteiger partial charge in [0.25, 0.3) is 17.4 Å². The Hall–Kier alpha value is -3.22. The van der Waals surface area contributed by atoms with Gasteiger partial charge in [0.05, 0.1) is 15.8 Å². The predicted molar refractivity (Wildman–Crippen MR) is 139 cm³/mol. The molecular formula is C27H23Cl2F4N3O5. The van der Waals surface area contributed by atoms with E-state index >= 15 is 0 Å². The third-order valence-electron chi connectivity index (χ3n) is 7.33. The Kier molecular flexibility index (Phi) is 7.54.